The first-order valence-corrected chi connectivity index (χ1v) is 32.3. The average Bonchev–Trinajstić information content (AvgIpc) is 3.36. The summed E-state index contributed by atoms with van der Waals surface area (Å²) in [5, 5.41) is 3.05. The third-order valence-electron chi connectivity index (χ3n) is 13.4. The molecule has 3 unspecified atom stereocenters. The number of ether oxygens (including phenoxy) is 1. The zero-order valence-electron chi connectivity index (χ0n) is 49.1. The van der Waals surface area contributed by atoms with Crippen LogP contribution in [0.2, 0.25) is 0 Å². The molecular formula is C64H118N2O7P+. The second kappa shape index (κ2) is 53.8. The Kier molecular flexibility index (Phi) is 52.0. The van der Waals surface area contributed by atoms with Gasteiger partial charge in [-0.2, -0.15) is 0 Å². The van der Waals surface area contributed by atoms with E-state index in [0.717, 1.165) is 103 Å². The minimum atomic E-state index is -4.44. The topological polar surface area (TPSA) is 111 Å². The summed E-state index contributed by atoms with van der Waals surface area (Å²) in [5.74, 6) is -0.509. The van der Waals surface area contributed by atoms with Gasteiger partial charge in [0.25, 0.3) is 0 Å². The lowest BCUT2D eigenvalue weighted by molar-refractivity contribution is -0.870. The van der Waals surface area contributed by atoms with E-state index < -0.39 is 20.0 Å². The van der Waals surface area contributed by atoms with E-state index in [0.29, 0.717) is 17.4 Å². The lowest BCUT2D eigenvalue weighted by Gasteiger charge is -2.27. The normalized spacial score (nSPS) is 14.2. The fourth-order valence-electron chi connectivity index (χ4n) is 8.67. The van der Waals surface area contributed by atoms with Crippen LogP contribution in [0.15, 0.2) is 72.9 Å². The quantitative estimate of drug-likeness (QED) is 0.0205. The molecule has 0 spiro atoms. The van der Waals surface area contributed by atoms with Crippen LogP contribution >= 0.6 is 7.82 Å². The van der Waals surface area contributed by atoms with Crippen LogP contribution in [0.5, 0.6) is 0 Å². The van der Waals surface area contributed by atoms with Gasteiger partial charge in [0.15, 0.2) is 0 Å². The number of hydrogen-bond donors (Lipinski definition) is 2. The number of amides is 1. The van der Waals surface area contributed by atoms with Crippen molar-refractivity contribution >= 4 is 19.7 Å². The second-order valence-corrected chi connectivity index (χ2v) is 23.3. The SMILES string of the molecule is CC/C=C\C/C=C\C/C=C\C/C=C\C/C=C\CCCCCCCCCCCC(=O)OC(/C=C\CCCCCCCCCCCC)C(COP(=O)(O)OCC[N+](C)(C)C)NC(=O)CCCCCCCCCCCCC. The molecular weight excluding hydrogens is 940 g/mol. The monoisotopic (exact) mass is 1060 g/mol. The first kappa shape index (κ1) is 71.5. The van der Waals surface area contributed by atoms with Crippen molar-refractivity contribution in [2.75, 3.05) is 40.9 Å². The van der Waals surface area contributed by atoms with Gasteiger partial charge >= 0.3 is 13.8 Å². The van der Waals surface area contributed by atoms with Crippen LogP contribution < -0.4 is 5.32 Å². The second-order valence-electron chi connectivity index (χ2n) is 21.9. The zero-order valence-corrected chi connectivity index (χ0v) is 50.0. The molecule has 0 bridgehead atoms. The maximum Gasteiger partial charge on any atom is 0.472 e. The number of carbonyl (C=O) groups excluding carboxylic acids is 2. The molecule has 1 amide bonds. The number of phosphoric acid groups is 1. The largest absolute Gasteiger partial charge is 0.472 e. The molecule has 0 aliphatic heterocycles. The summed E-state index contributed by atoms with van der Waals surface area (Å²) in [4.78, 5) is 37.6. The summed E-state index contributed by atoms with van der Waals surface area (Å²) in [6, 6.07) is -0.849. The molecule has 0 heterocycles. The van der Waals surface area contributed by atoms with E-state index in [2.05, 4.69) is 86.8 Å². The van der Waals surface area contributed by atoms with E-state index >= 15 is 0 Å². The van der Waals surface area contributed by atoms with Gasteiger partial charge in [-0.05, 0) is 76.7 Å². The summed E-state index contributed by atoms with van der Waals surface area (Å²) in [7, 11) is 1.49. The summed E-state index contributed by atoms with van der Waals surface area (Å²) < 4.78 is 30.6. The van der Waals surface area contributed by atoms with Crippen LogP contribution in [-0.2, 0) is 27.9 Å². The predicted molar refractivity (Wildman–Crippen MR) is 318 cm³/mol. The predicted octanol–water partition coefficient (Wildman–Crippen LogP) is 18.8. The number of carbonyl (C=O) groups is 2. The summed E-state index contributed by atoms with van der Waals surface area (Å²) in [6.45, 7) is 6.89. The van der Waals surface area contributed by atoms with E-state index in [-0.39, 0.29) is 31.5 Å². The van der Waals surface area contributed by atoms with Crippen LogP contribution in [-0.4, -0.2) is 74.3 Å². The molecule has 0 radical (unpaired) electrons. The third kappa shape index (κ3) is 54.2. The Balaban J connectivity index is 5.12. The summed E-state index contributed by atoms with van der Waals surface area (Å²) in [5.41, 5.74) is 0. The smallest absolute Gasteiger partial charge is 0.456 e. The molecule has 10 heteroatoms. The molecule has 0 aromatic heterocycles. The number of likely N-dealkylation sites (N-methyl/N-ethyl adjacent to an activating group) is 1. The number of nitrogens with one attached hydrogen (secondary N) is 1. The third-order valence-corrected chi connectivity index (χ3v) is 14.4. The molecule has 0 aliphatic rings. The first-order chi connectivity index (χ1) is 35.9. The molecule has 3 atom stereocenters. The van der Waals surface area contributed by atoms with Crippen LogP contribution in [0.4, 0.5) is 0 Å². The minimum absolute atomic E-state index is 0.0385. The Morgan fingerprint density at radius 3 is 1.30 bits per heavy atom. The van der Waals surface area contributed by atoms with E-state index in [9.17, 15) is 19.0 Å². The van der Waals surface area contributed by atoms with E-state index in [1.807, 2.05) is 33.3 Å². The van der Waals surface area contributed by atoms with Gasteiger partial charge in [0.2, 0.25) is 5.91 Å². The number of esters is 1. The van der Waals surface area contributed by atoms with Crippen molar-refractivity contribution in [3.8, 4) is 0 Å². The fourth-order valence-corrected chi connectivity index (χ4v) is 9.41. The van der Waals surface area contributed by atoms with Crippen molar-refractivity contribution in [3.05, 3.63) is 72.9 Å². The van der Waals surface area contributed by atoms with Gasteiger partial charge in [-0.25, -0.2) is 4.57 Å². The number of hydrogen-bond acceptors (Lipinski definition) is 6. The highest BCUT2D eigenvalue weighted by Gasteiger charge is 2.30. The van der Waals surface area contributed by atoms with Crippen LogP contribution in [0, 0.1) is 0 Å². The van der Waals surface area contributed by atoms with E-state index in [4.69, 9.17) is 13.8 Å². The maximum atomic E-state index is 13.5. The highest BCUT2D eigenvalue weighted by Crippen LogP contribution is 2.43. The molecule has 430 valence electrons. The van der Waals surface area contributed by atoms with Crippen molar-refractivity contribution in [2.45, 2.75) is 283 Å². The van der Waals surface area contributed by atoms with E-state index in [1.165, 1.54) is 135 Å². The first-order valence-electron chi connectivity index (χ1n) is 30.8. The number of phosphoric ester groups is 1. The maximum absolute atomic E-state index is 13.5. The molecule has 9 nitrogen and oxygen atoms in total. The Labute approximate surface area is 457 Å². The van der Waals surface area contributed by atoms with Gasteiger partial charge in [-0.1, -0.05) is 255 Å². The fraction of sp³-hybridized carbons (Fsp3) is 0.781. The Morgan fingerprint density at radius 1 is 0.486 bits per heavy atom. The molecule has 0 aromatic rings. The van der Waals surface area contributed by atoms with Gasteiger partial charge in [-0.15, -0.1) is 0 Å². The van der Waals surface area contributed by atoms with Crippen LogP contribution in [0.25, 0.3) is 0 Å². The number of unbranched alkanes of at least 4 members (excludes halogenated alkanes) is 29. The number of quaternary nitrogens is 1. The highest BCUT2D eigenvalue weighted by atomic mass is 31.2. The van der Waals surface area contributed by atoms with Gasteiger partial charge in [0, 0.05) is 12.8 Å². The van der Waals surface area contributed by atoms with Crippen molar-refractivity contribution in [1.29, 1.82) is 0 Å². The van der Waals surface area contributed by atoms with Gasteiger partial charge < -0.3 is 19.4 Å². The van der Waals surface area contributed by atoms with Crippen LogP contribution in [0.3, 0.4) is 0 Å². The molecule has 2 N–H and O–H groups in total. The van der Waals surface area contributed by atoms with Crippen molar-refractivity contribution in [2.24, 2.45) is 0 Å². The Morgan fingerprint density at radius 2 is 0.865 bits per heavy atom. The molecule has 0 fully saturated rings. The summed E-state index contributed by atoms with van der Waals surface area (Å²) in [6.07, 6.45) is 69.0. The van der Waals surface area contributed by atoms with Crippen molar-refractivity contribution in [1.82, 2.24) is 5.32 Å². The Hall–Kier alpha value is -2.55. The lowest BCUT2D eigenvalue weighted by Crippen LogP contribution is -2.47. The number of nitrogens with zero attached hydrogens (tertiary/aromatic N) is 1. The van der Waals surface area contributed by atoms with Crippen LogP contribution in [0.1, 0.15) is 271 Å². The Bertz CT molecular complexity index is 1500. The summed E-state index contributed by atoms with van der Waals surface area (Å²) >= 11 is 0. The molecule has 0 saturated heterocycles. The van der Waals surface area contributed by atoms with Crippen molar-refractivity contribution in [3.63, 3.8) is 0 Å². The number of rotatable bonds is 55. The molecule has 0 saturated carbocycles. The lowest BCUT2D eigenvalue weighted by atomic mass is 10.0. The van der Waals surface area contributed by atoms with Gasteiger partial charge in [0.05, 0.1) is 33.8 Å². The van der Waals surface area contributed by atoms with E-state index in [1.54, 1.807) is 0 Å². The minimum Gasteiger partial charge on any atom is -0.456 e. The molecule has 0 aromatic carbocycles. The van der Waals surface area contributed by atoms with Crippen molar-refractivity contribution < 1.29 is 37.3 Å². The van der Waals surface area contributed by atoms with Gasteiger partial charge in [0.1, 0.15) is 19.3 Å². The standard InChI is InChI=1S/C64H117N2O7P/c1-7-10-13-16-19-22-25-27-28-29-30-31-32-33-34-35-36-37-38-39-42-45-48-51-54-57-64(68)73-62(55-52-49-46-43-41-26-23-20-17-14-11-8-2)61(60-72-74(69,70)71-59-58-66(4,5)6)65-63(67)56-53-50-47-44-40-24-21-18-15-12-9-3/h10,13,19,22,27-28,30-31,33-34,52,55,61-62H,7-9,11-12,14-18,20-21,23-26,29,32,35-51,53-54,56-60H2,1-6H3,(H-,65,67,69,70)/p+1/b13-10-,22-19-,28-27-,31-30-,34-33-,55-52-. The molecule has 74 heavy (non-hydrogen) atoms. The highest BCUT2D eigenvalue weighted by molar-refractivity contribution is 7.47. The number of allylic oxidation sites excluding steroid dienone is 11. The molecule has 0 aliphatic carbocycles. The van der Waals surface area contributed by atoms with Gasteiger partial charge in [-0.3, -0.25) is 18.6 Å². The molecule has 0 rings (SSSR count). The zero-order chi connectivity index (χ0) is 54.3. The average molecular weight is 1060 g/mol.